The van der Waals surface area contributed by atoms with E-state index in [2.05, 4.69) is 11.9 Å². The molecule has 92 valence electrons. The Morgan fingerprint density at radius 2 is 1.94 bits per heavy atom. The Hall–Kier alpha value is -1.33. The van der Waals surface area contributed by atoms with Gasteiger partial charge in [0.05, 0.1) is 11.4 Å². The van der Waals surface area contributed by atoms with Crippen LogP contribution in [0.2, 0.25) is 0 Å². The topological polar surface area (TPSA) is 49.4 Å². The first-order chi connectivity index (χ1) is 8.00. The monoisotopic (exact) mass is 252 g/mol. The molecule has 5 heteroatoms. The lowest BCUT2D eigenvalue weighted by Crippen LogP contribution is -2.44. The smallest absolute Gasteiger partial charge is 0.243 e. The first kappa shape index (κ1) is 12.1. The molecule has 0 amide bonds. The molecule has 1 aliphatic rings. The van der Waals surface area contributed by atoms with Crippen LogP contribution in [0, 0.1) is 6.92 Å². The molecule has 0 aliphatic carbocycles. The summed E-state index contributed by atoms with van der Waals surface area (Å²) in [5.74, 6) is 0. The summed E-state index contributed by atoms with van der Waals surface area (Å²) in [6, 6.07) is 6.92. The molecule has 0 unspecified atom stereocenters. The number of nitrogens with one attached hydrogen (secondary N) is 1. The van der Waals surface area contributed by atoms with Crippen molar-refractivity contribution in [3.63, 3.8) is 0 Å². The highest BCUT2D eigenvalue weighted by Gasteiger charge is 2.26. The standard InChI is InChI=1S/C12H16N2O2S/c1-10-3-5-12(6-4-10)17(15,16)14-8-7-13-11(2)9-14/h3-6,13H,2,7-9H2,1H3. The summed E-state index contributed by atoms with van der Waals surface area (Å²) in [4.78, 5) is 0.345. The zero-order valence-corrected chi connectivity index (χ0v) is 10.6. The molecule has 4 nitrogen and oxygen atoms in total. The first-order valence-electron chi connectivity index (χ1n) is 5.48. The lowest BCUT2D eigenvalue weighted by atomic mass is 10.2. The summed E-state index contributed by atoms with van der Waals surface area (Å²) in [6.45, 7) is 7.14. The fourth-order valence-corrected chi connectivity index (χ4v) is 3.21. The van der Waals surface area contributed by atoms with Gasteiger partial charge in [-0.25, -0.2) is 8.42 Å². The van der Waals surface area contributed by atoms with Crippen LogP contribution in [0.25, 0.3) is 0 Å². The van der Waals surface area contributed by atoms with Gasteiger partial charge in [0.25, 0.3) is 0 Å². The molecule has 1 fully saturated rings. The maximum absolute atomic E-state index is 12.3. The minimum absolute atomic E-state index is 0.343. The molecule has 17 heavy (non-hydrogen) atoms. The molecule has 1 aromatic carbocycles. The number of rotatable bonds is 2. The summed E-state index contributed by atoms with van der Waals surface area (Å²) in [6.07, 6.45) is 0. The van der Waals surface area contributed by atoms with Crippen molar-refractivity contribution in [2.75, 3.05) is 19.6 Å². The number of piperazine rings is 1. The van der Waals surface area contributed by atoms with Gasteiger partial charge in [0.2, 0.25) is 10.0 Å². The van der Waals surface area contributed by atoms with Crippen molar-refractivity contribution in [2.45, 2.75) is 11.8 Å². The molecule has 1 saturated heterocycles. The fourth-order valence-electron chi connectivity index (χ4n) is 1.77. The van der Waals surface area contributed by atoms with Crippen LogP contribution < -0.4 is 5.32 Å². The summed E-state index contributed by atoms with van der Waals surface area (Å²) in [5, 5.41) is 3.04. The Balaban J connectivity index is 2.29. The highest BCUT2D eigenvalue weighted by atomic mass is 32.2. The van der Waals surface area contributed by atoms with Crippen molar-refractivity contribution < 1.29 is 8.42 Å². The van der Waals surface area contributed by atoms with Gasteiger partial charge in [0.15, 0.2) is 0 Å². The van der Waals surface area contributed by atoms with Crippen molar-refractivity contribution in [3.8, 4) is 0 Å². The predicted octanol–water partition coefficient (Wildman–Crippen LogP) is 1.10. The van der Waals surface area contributed by atoms with Gasteiger partial charge < -0.3 is 5.32 Å². The van der Waals surface area contributed by atoms with Gasteiger partial charge in [-0.2, -0.15) is 4.31 Å². The number of benzene rings is 1. The van der Waals surface area contributed by atoms with Crippen molar-refractivity contribution >= 4 is 10.0 Å². The normalized spacial score (nSPS) is 17.8. The van der Waals surface area contributed by atoms with Crippen LogP contribution in [0.5, 0.6) is 0 Å². The molecule has 0 spiro atoms. The highest BCUT2D eigenvalue weighted by Crippen LogP contribution is 2.18. The average molecular weight is 252 g/mol. The van der Waals surface area contributed by atoms with Crippen LogP contribution in [0.15, 0.2) is 41.4 Å². The Bertz CT molecular complexity index is 520. The Kier molecular flexibility index (Phi) is 3.22. The van der Waals surface area contributed by atoms with E-state index < -0.39 is 10.0 Å². The lowest BCUT2D eigenvalue weighted by molar-refractivity contribution is 0.395. The summed E-state index contributed by atoms with van der Waals surface area (Å²) >= 11 is 0. The van der Waals surface area contributed by atoms with Crippen molar-refractivity contribution in [1.82, 2.24) is 9.62 Å². The second kappa shape index (κ2) is 4.50. The minimum atomic E-state index is -3.38. The third-order valence-corrected chi connectivity index (χ3v) is 4.62. The minimum Gasteiger partial charge on any atom is -0.386 e. The SMILES string of the molecule is C=C1CN(S(=O)(=O)c2ccc(C)cc2)CCN1. The van der Waals surface area contributed by atoms with Crippen molar-refractivity contribution in [1.29, 1.82) is 0 Å². The highest BCUT2D eigenvalue weighted by molar-refractivity contribution is 7.89. The molecule has 0 bridgehead atoms. The Morgan fingerprint density at radius 1 is 1.29 bits per heavy atom. The Labute approximate surface area is 102 Å². The molecule has 0 radical (unpaired) electrons. The molecular formula is C12H16N2O2S. The quantitative estimate of drug-likeness (QED) is 0.857. The van der Waals surface area contributed by atoms with E-state index >= 15 is 0 Å². The van der Waals surface area contributed by atoms with E-state index in [1.807, 2.05) is 19.1 Å². The largest absolute Gasteiger partial charge is 0.386 e. The molecule has 0 aromatic heterocycles. The van der Waals surface area contributed by atoms with E-state index in [1.54, 1.807) is 12.1 Å². The van der Waals surface area contributed by atoms with Gasteiger partial charge in [-0.05, 0) is 19.1 Å². The van der Waals surface area contributed by atoms with E-state index in [0.717, 1.165) is 11.3 Å². The zero-order chi connectivity index (χ0) is 12.5. The third-order valence-electron chi connectivity index (χ3n) is 2.76. The molecule has 2 rings (SSSR count). The lowest BCUT2D eigenvalue weighted by Gasteiger charge is -2.28. The summed E-state index contributed by atoms with van der Waals surface area (Å²) in [7, 11) is -3.38. The van der Waals surface area contributed by atoms with Crippen LogP contribution in [-0.4, -0.2) is 32.4 Å². The second-order valence-corrected chi connectivity index (χ2v) is 6.12. The average Bonchev–Trinajstić information content (AvgIpc) is 2.29. The van der Waals surface area contributed by atoms with E-state index in [0.29, 0.717) is 24.5 Å². The number of hydrogen-bond donors (Lipinski definition) is 1. The van der Waals surface area contributed by atoms with Gasteiger partial charge in [-0.1, -0.05) is 24.3 Å². The molecule has 0 saturated carbocycles. The predicted molar refractivity (Wildman–Crippen MR) is 67.1 cm³/mol. The summed E-state index contributed by atoms with van der Waals surface area (Å²) < 4.78 is 26.1. The molecule has 1 heterocycles. The van der Waals surface area contributed by atoms with E-state index in [1.165, 1.54) is 4.31 Å². The molecule has 1 N–H and O–H groups in total. The van der Waals surface area contributed by atoms with Crippen molar-refractivity contribution in [2.24, 2.45) is 0 Å². The zero-order valence-electron chi connectivity index (χ0n) is 9.81. The first-order valence-corrected chi connectivity index (χ1v) is 6.92. The van der Waals surface area contributed by atoms with E-state index in [-0.39, 0.29) is 0 Å². The fraction of sp³-hybridized carbons (Fsp3) is 0.333. The van der Waals surface area contributed by atoms with Gasteiger partial charge in [-0.3, -0.25) is 0 Å². The summed E-state index contributed by atoms with van der Waals surface area (Å²) in [5.41, 5.74) is 1.79. The van der Waals surface area contributed by atoms with E-state index in [4.69, 9.17) is 0 Å². The second-order valence-electron chi connectivity index (χ2n) is 4.18. The van der Waals surface area contributed by atoms with Crippen LogP contribution in [0.4, 0.5) is 0 Å². The van der Waals surface area contributed by atoms with Gasteiger partial charge in [0.1, 0.15) is 0 Å². The van der Waals surface area contributed by atoms with Crippen LogP contribution in [0.3, 0.4) is 0 Å². The molecular weight excluding hydrogens is 236 g/mol. The third kappa shape index (κ3) is 2.50. The molecule has 1 aromatic rings. The molecule has 1 aliphatic heterocycles. The number of aryl methyl sites for hydroxylation is 1. The maximum atomic E-state index is 12.3. The number of nitrogens with zero attached hydrogens (tertiary/aromatic N) is 1. The van der Waals surface area contributed by atoms with Crippen LogP contribution in [0.1, 0.15) is 5.56 Å². The Morgan fingerprint density at radius 3 is 2.53 bits per heavy atom. The van der Waals surface area contributed by atoms with Crippen LogP contribution in [-0.2, 0) is 10.0 Å². The van der Waals surface area contributed by atoms with Gasteiger partial charge in [0, 0.05) is 18.8 Å². The van der Waals surface area contributed by atoms with Crippen LogP contribution >= 0.6 is 0 Å². The van der Waals surface area contributed by atoms with Crippen molar-refractivity contribution in [3.05, 3.63) is 42.1 Å². The van der Waals surface area contributed by atoms with E-state index in [9.17, 15) is 8.42 Å². The van der Waals surface area contributed by atoms with Gasteiger partial charge in [-0.15, -0.1) is 0 Å². The number of sulfonamides is 1. The van der Waals surface area contributed by atoms with Gasteiger partial charge >= 0.3 is 0 Å². The molecule has 0 atom stereocenters. The maximum Gasteiger partial charge on any atom is 0.243 e. The number of hydrogen-bond acceptors (Lipinski definition) is 3.